The smallest absolute Gasteiger partial charge is 0.240 e. The summed E-state index contributed by atoms with van der Waals surface area (Å²) in [6.07, 6.45) is 1.86. The lowest BCUT2D eigenvalue weighted by atomic mass is 10.0. The third-order valence-corrected chi connectivity index (χ3v) is 2.85. The van der Waals surface area contributed by atoms with E-state index in [1.54, 1.807) is 16.6 Å². The molecule has 0 fully saturated rings. The molecule has 0 saturated heterocycles. The van der Waals surface area contributed by atoms with Crippen LogP contribution in [0.15, 0.2) is 36.5 Å². The minimum absolute atomic E-state index is 0.241. The fraction of sp³-hybridized carbons (Fsp3) is 0.0769. The Labute approximate surface area is 104 Å². The molecule has 1 aromatic carbocycles. The standard InChI is InChI=1S/C13H12N4O/c1-8-5-12-15-13(14)16-17(12)7-11(8)9-3-2-4-10(18)6-9/h2-7,18H,1H3,(H2,14,16). The maximum Gasteiger partial charge on any atom is 0.240 e. The fourth-order valence-corrected chi connectivity index (χ4v) is 2.02. The van der Waals surface area contributed by atoms with Crippen LogP contribution in [0.5, 0.6) is 5.75 Å². The molecule has 0 saturated carbocycles. The highest BCUT2D eigenvalue weighted by molar-refractivity contribution is 5.69. The number of nitrogens with two attached hydrogens (primary N) is 1. The first-order valence-electron chi connectivity index (χ1n) is 5.55. The molecule has 3 N–H and O–H groups in total. The normalized spacial score (nSPS) is 10.9. The first-order valence-corrected chi connectivity index (χ1v) is 5.55. The van der Waals surface area contributed by atoms with Gasteiger partial charge in [0.05, 0.1) is 0 Å². The van der Waals surface area contributed by atoms with E-state index in [0.717, 1.165) is 16.7 Å². The topological polar surface area (TPSA) is 76.4 Å². The van der Waals surface area contributed by atoms with E-state index in [4.69, 9.17) is 5.73 Å². The van der Waals surface area contributed by atoms with Gasteiger partial charge in [0.1, 0.15) is 5.75 Å². The maximum atomic E-state index is 9.53. The third kappa shape index (κ3) is 1.66. The van der Waals surface area contributed by atoms with E-state index >= 15 is 0 Å². The monoisotopic (exact) mass is 240 g/mol. The zero-order chi connectivity index (χ0) is 12.7. The summed E-state index contributed by atoms with van der Waals surface area (Å²) in [6, 6.07) is 9.03. The van der Waals surface area contributed by atoms with Gasteiger partial charge in [-0.2, -0.15) is 4.98 Å². The molecule has 3 aromatic rings. The number of hydrogen-bond donors (Lipinski definition) is 2. The molecule has 0 spiro atoms. The van der Waals surface area contributed by atoms with Crippen molar-refractivity contribution in [2.75, 3.05) is 5.73 Å². The van der Waals surface area contributed by atoms with E-state index < -0.39 is 0 Å². The maximum absolute atomic E-state index is 9.53. The molecular formula is C13H12N4O. The van der Waals surface area contributed by atoms with Gasteiger partial charge in [0.15, 0.2) is 5.65 Å². The zero-order valence-electron chi connectivity index (χ0n) is 9.83. The van der Waals surface area contributed by atoms with Gasteiger partial charge in [0.2, 0.25) is 5.95 Å². The highest BCUT2D eigenvalue weighted by atomic mass is 16.3. The number of benzene rings is 1. The number of rotatable bonds is 1. The van der Waals surface area contributed by atoms with Gasteiger partial charge in [0, 0.05) is 11.8 Å². The molecule has 90 valence electrons. The number of aromatic nitrogens is 3. The van der Waals surface area contributed by atoms with Gasteiger partial charge in [-0.05, 0) is 36.2 Å². The van der Waals surface area contributed by atoms with Gasteiger partial charge in [-0.3, -0.25) is 0 Å². The van der Waals surface area contributed by atoms with Crippen molar-refractivity contribution in [3.8, 4) is 16.9 Å². The molecule has 0 bridgehead atoms. The Kier molecular flexibility index (Phi) is 2.19. The summed E-state index contributed by atoms with van der Waals surface area (Å²) < 4.78 is 1.64. The first kappa shape index (κ1) is 10.6. The van der Waals surface area contributed by atoms with Crippen LogP contribution in [0.3, 0.4) is 0 Å². The lowest BCUT2D eigenvalue weighted by molar-refractivity contribution is 0.475. The lowest BCUT2D eigenvalue weighted by Crippen LogP contribution is -1.93. The quantitative estimate of drug-likeness (QED) is 0.682. The Morgan fingerprint density at radius 1 is 1.28 bits per heavy atom. The van der Waals surface area contributed by atoms with Crippen LogP contribution in [0.2, 0.25) is 0 Å². The van der Waals surface area contributed by atoms with Gasteiger partial charge in [0.25, 0.3) is 0 Å². The predicted octanol–water partition coefficient (Wildman–Crippen LogP) is 1.99. The Balaban J connectivity index is 2.25. The molecule has 0 aliphatic heterocycles. The summed E-state index contributed by atoms with van der Waals surface area (Å²) in [4.78, 5) is 4.11. The molecular weight excluding hydrogens is 228 g/mol. The van der Waals surface area contributed by atoms with Gasteiger partial charge < -0.3 is 10.8 Å². The van der Waals surface area contributed by atoms with Crippen LogP contribution in [-0.4, -0.2) is 19.7 Å². The van der Waals surface area contributed by atoms with Gasteiger partial charge >= 0.3 is 0 Å². The van der Waals surface area contributed by atoms with E-state index in [1.165, 1.54) is 0 Å². The zero-order valence-corrected chi connectivity index (χ0v) is 9.83. The van der Waals surface area contributed by atoms with E-state index in [0.29, 0.717) is 5.65 Å². The van der Waals surface area contributed by atoms with Crippen LogP contribution < -0.4 is 5.73 Å². The van der Waals surface area contributed by atoms with Crippen molar-refractivity contribution in [2.45, 2.75) is 6.92 Å². The van der Waals surface area contributed by atoms with Crippen LogP contribution in [0.4, 0.5) is 5.95 Å². The SMILES string of the molecule is Cc1cc2nc(N)nn2cc1-c1cccc(O)c1. The molecule has 2 heterocycles. The molecule has 5 nitrogen and oxygen atoms in total. The van der Waals surface area contributed by atoms with Crippen molar-refractivity contribution < 1.29 is 5.11 Å². The van der Waals surface area contributed by atoms with Crippen LogP contribution in [0.1, 0.15) is 5.56 Å². The van der Waals surface area contributed by atoms with Crippen molar-refractivity contribution in [3.63, 3.8) is 0 Å². The number of phenolic OH excluding ortho intramolecular Hbond substituents is 1. The molecule has 0 radical (unpaired) electrons. The number of pyridine rings is 1. The molecule has 0 atom stereocenters. The second-order valence-corrected chi connectivity index (χ2v) is 4.19. The number of phenols is 1. The Morgan fingerprint density at radius 2 is 2.11 bits per heavy atom. The van der Waals surface area contributed by atoms with Crippen LogP contribution in [-0.2, 0) is 0 Å². The fourth-order valence-electron chi connectivity index (χ4n) is 2.02. The second kappa shape index (κ2) is 3.73. The Hall–Kier alpha value is -2.56. The van der Waals surface area contributed by atoms with Gasteiger partial charge in [-0.15, -0.1) is 5.10 Å². The minimum Gasteiger partial charge on any atom is -0.508 e. The minimum atomic E-state index is 0.241. The summed E-state index contributed by atoms with van der Waals surface area (Å²) in [5.41, 5.74) is 9.27. The summed E-state index contributed by atoms with van der Waals surface area (Å²) in [6.45, 7) is 1.99. The van der Waals surface area contributed by atoms with Gasteiger partial charge in [-0.25, -0.2) is 4.52 Å². The molecule has 0 aliphatic carbocycles. The summed E-state index contributed by atoms with van der Waals surface area (Å²) in [7, 11) is 0. The molecule has 0 aliphatic rings. The number of hydrogen-bond acceptors (Lipinski definition) is 4. The highest BCUT2D eigenvalue weighted by Crippen LogP contribution is 2.26. The molecule has 0 unspecified atom stereocenters. The summed E-state index contributed by atoms with van der Waals surface area (Å²) in [5, 5.41) is 13.6. The Morgan fingerprint density at radius 3 is 2.89 bits per heavy atom. The molecule has 2 aromatic heterocycles. The van der Waals surface area contributed by atoms with Crippen molar-refractivity contribution in [2.24, 2.45) is 0 Å². The largest absolute Gasteiger partial charge is 0.508 e. The number of nitrogens with zero attached hydrogens (tertiary/aromatic N) is 3. The number of aromatic hydroxyl groups is 1. The van der Waals surface area contributed by atoms with E-state index in [2.05, 4.69) is 10.1 Å². The van der Waals surface area contributed by atoms with Crippen molar-refractivity contribution in [1.29, 1.82) is 0 Å². The van der Waals surface area contributed by atoms with Crippen LogP contribution in [0, 0.1) is 6.92 Å². The molecule has 3 rings (SSSR count). The average molecular weight is 240 g/mol. The van der Waals surface area contributed by atoms with Gasteiger partial charge in [-0.1, -0.05) is 12.1 Å². The average Bonchev–Trinajstić information content (AvgIpc) is 2.67. The van der Waals surface area contributed by atoms with Crippen LogP contribution in [0.25, 0.3) is 16.8 Å². The number of anilines is 1. The van der Waals surface area contributed by atoms with E-state index in [-0.39, 0.29) is 11.7 Å². The molecule has 0 amide bonds. The number of aryl methyl sites for hydroxylation is 1. The van der Waals surface area contributed by atoms with E-state index in [9.17, 15) is 5.11 Å². The second-order valence-electron chi connectivity index (χ2n) is 4.19. The third-order valence-electron chi connectivity index (χ3n) is 2.85. The molecule has 5 heteroatoms. The number of fused-ring (bicyclic) bond motifs is 1. The van der Waals surface area contributed by atoms with E-state index in [1.807, 2.05) is 31.3 Å². The molecule has 18 heavy (non-hydrogen) atoms. The van der Waals surface area contributed by atoms with Crippen molar-refractivity contribution in [1.82, 2.24) is 14.6 Å². The predicted molar refractivity (Wildman–Crippen MR) is 69.2 cm³/mol. The van der Waals surface area contributed by atoms with Crippen LogP contribution >= 0.6 is 0 Å². The van der Waals surface area contributed by atoms with Crippen molar-refractivity contribution in [3.05, 3.63) is 42.1 Å². The van der Waals surface area contributed by atoms with Crippen molar-refractivity contribution >= 4 is 11.6 Å². The number of nitrogen functional groups attached to an aromatic ring is 1. The Bertz CT molecular complexity index is 733. The lowest BCUT2D eigenvalue weighted by Gasteiger charge is -2.06. The highest BCUT2D eigenvalue weighted by Gasteiger charge is 2.07. The summed E-state index contributed by atoms with van der Waals surface area (Å²) >= 11 is 0. The summed E-state index contributed by atoms with van der Waals surface area (Å²) in [5.74, 6) is 0.493. The first-order chi connectivity index (χ1) is 8.63.